The van der Waals surface area contributed by atoms with Gasteiger partial charge in [0.05, 0.1) is 25.8 Å². The Morgan fingerprint density at radius 3 is 2.84 bits per heavy atom. The largest absolute Gasteiger partial charge is 0.508 e. The third-order valence-corrected chi connectivity index (χ3v) is 8.02. The second-order valence-corrected chi connectivity index (χ2v) is 9.72. The molecule has 3 aromatic rings. The molecule has 3 aliphatic rings. The molecule has 2 aliphatic heterocycles. The topological polar surface area (TPSA) is 92.5 Å². The van der Waals surface area contributed by atoms with Crippen LogP contribution in [-0.4, -0.2) is 57.0 Å². The number of hydrogen-bond acceptors (Lipinski definition) is 7. The summed E-state index contributed by atoms with van der Waals surface area (Å²) in [5, 5.41) is 24.0. The number of aromatic nitrogens is 3. The molecule has 2 atom stereocenters. The van der Waals surface area contributed by atoms with E-state index in [-0.39, 0.29) is 23.6 Å². The third kappa shape index (κ3) is 3.07. The van der Waals surface area contributed by atoms with E-state index in [2.05, 4.69) is 20.1 Å². The van der Waals surface area contributed by atoms with Gasteiger partial charge in [-0.3, -0.25) is 14.7 Å². The Labute approximate surface area is 189 Å². The number of phenolic OH excluding ortho intramolecular Hbond substituents is 1. The van der Waals surface area contributed by atoms with Crippen molar-refractivity contribution in [2.24, 2.45) is 5.92 Å². The van der Waals surface area contributed by atoms with Crippen LogP contribution in [0.25, 0.3) is 5.00 Å². The molecule has 2 aromatic heterocycles. The van der Waals surface area contributed by atoms with Gasteiger partial charge in [0.1, 0.15) is 16.6 Å². The maximum Gasteiger partial charge on any atom is 0.226 e. The lowest BCUT2D eigenvalue weighted by molar-refractivity contribution is -0.139. The second-order valence-electron chi connectivity index (χ2n) is 8.64. The van der Waals surface area contributed by atoms with E-state index in [0.29, 0.717) is 32.8 Å². The van der Waals surface area contributed by atoms with E-state index in [1.807, 2.05) is 30.0 Å². The van der Waals surface area contributed by atoms with Gasteiger partial charge in [0.2, 0.25) is 5.91 Å². The number of thiophene rings is 1. The highest BCUT2D eigenvalue weighted by Crippen LogP contribution is 2.47. The first kappa shape index (κ1) is 19.9. The highest BCUT2D eigenvalue weighted by Gasteiger charge is 2.39. The fourth-order valence-electron chi connectivity index (χ4n) is 5.20. The highest BCUT2D eigenvalue weighted by atomic mass is 32.1. The molecule has 2 unspecified atom stereocenters. The summed E-state index contributed by atoms with van der Waals surface area (Å²) in [5.74, 6) is 2.18. The summed E-state index contributed by atoms with van der Waals surface area (Å²) in [5.41, 5.74) is 3.22. The molecule has 0 spiro atoms. The molecule has 1 aliphatic carbocycles. The predicted octanol–water partition coefficient (Wildman–Crippen LogP) is 2.11. The first-order chi connectivity index (χ1) is 15.6. The molecular weight excluding hydrogens is 426 g/mol. The van der Waals surface area contributed by atoms with Gasteiger partial charge >= 0.3 is 0 Å². The average molecular weight is 452 g/mol. The van der Waals surface area contributed by atoms with E-state index >= 15 is 0 Å². The zero-order valence-corrected chi connectivity index (χ0v) is 18.7. The molecule has 166 valence electrons. The predicted molar refractivity (Wildman–Crippen MR) is 119 cm³/mol. The number of carbonyl (C=O) groups excluding carboxylic acids is 1. The number of rotatable bonds is 2. The molecule has 1 saturated heterocycles. The number of ether oxygens (including phenoxy) is 1. The fourth-order valence-corrected chi connectivity index (χ4v) is 6.72. The van der Waals surface area contributed by atoms with Crippen LogP contribution in [0, 0.1) is 12.8 Å². The lowest BCUT2D eigenvalue weighted by atomic mass is 9.94. The molecule has 1 aromatic carbocycles. The van der Waals surface area contributed by atoms with Crippen molar-refractivity contribution in [2.45, 2.75) is 32.4 Å². The smallest absolute Gasteiger partial charge is 0.226 e. The normalized spacial score (nSPS) is 22.2. The van der Waals surface area contributed by atoms with Crippen LogP contribution in [0.1, 0.15) is 39.3 Å². The van der Waals surface area contributed by atoms with Gasteiger partial charge < -0.3 is 14.7 Å². The standard InChI is InChI=1S/C23H25N5O3S/c1-13-25-26-19-12-24-21(15-4-2-3-5-17(15)29)20-16-10-14(11-18(16)32-23(20)28(13)19)22(30)27-6-8-31-9-7-27/h2-5,14,21,24,29H,6-12H2,1H3. The summed E-state index contributed by atoms with van der Waals surface area (Å²) in [7, 11) is 0. The van der Waals surface area contributed by atoms with Crippen molar-refractivity contribution in [1.82, 2.24) is 25.0 Å². The number of morpholine rings is 1. The number of carbonyl (C=O) groups is 1. The number of fused-ring (bicyclic) bond motifs is 5. The van der Waals surface area contributed by atoms with E-state index in [1.54, 1.807) is 17.4 Å². The number of nitrogens with zero attached hydrogens (tertiary/aromatic N) is 4. The molecular formula is C23H25N5O3S. The Kier molecular flexibility index (Phi) is 4.78. The molecule has 0 bridgehead atoms. The molecule has 6 rings (SSSR count). The summed E-state index contributed by atoms with van der Waals surface area (Å²) >= 11 is 1.74. The van der Waals surface area contributed by atoms with E-state index in [9.17, 15) is 9.90 Å². The van der Waals surface area contributed by atoms with Crippen molar-refractivity contribution in [3.05, 3.63) is 57.5 Å². The van der Waals surface area contributed by atoms with Crippen molar-refractivity contribution in [3.63, 3.8) is 0 Å². The van der Waals surface area contributed by atoms with Gasteiger partial charge in [-0.25, -0.2) is 0 Å². The van der Waals surface area contributed by atoms with E-state index in [4.69, 9.17) is 4.74 Å². The van der Waals surface area contributed by atoms with E-state index < -0.39 is 0 Å². The quantitative estimate of drug-likeness (QED) is 0.620. The molecule has 4 heterocycles. The van der Waals surface area contributed by atoms with Gasteiger partial charge in [-0.15, -0.1) is 21.5 Å². The van der Waals surface area contributed by atoms with Gasteiger partial charge in [-0.2, -0.15) is 0 Å². The SMILES string of the molecule is Cc1nnc2n1-c1sc3c(c1C(c1ccccc1O)NC2)CC(C(=O)N1CCOCC1)C3. The number of aryl methyl sites for hydroxylation is 1. The molecule has 32 heavy (non-hydrogen) atoms. The third-order valence-electron chi connectivity index (χ3n) is 6.76. The van der Waals surface area contributed by atoms with Gasteiger partial charge in [-0.1, -0.05) is 18.2 Å². The number of benzene rings is 1. The van der Waals surface area contributed by atoms with Crippen LogP contribution in [0.3, 0.4) is 0 Å². The minimum Gasteiger partial charge on any atom is -0.508 e. The summed E-state index contributed by atoms with van der Waals surface area (Å²) in [4.78, 5) is 16.4. The Bertz CT molecular complexity index is 1200. The summed E-state index contributed by atoms with van der Waals surface area (Å²) < 4.78 is 7.55. The number of aromatic hydroxyl groups is 1. The van der Waals surface area contributed by atoms with Crippen molar-refractivity contribution in [1.29, 1.82) is 0 Å². The lowest BCUT2D eigenvalue weighted by Crippen LogP contribution is -2.44. The van der Waals surface area contributed by atoms with Crippen LogP contribution in [0.4, 0.5) is 0 Å². The number of para-hydroxylation sites is 1. The molecule has 0 radical (unpaired) electrons. The monoisotopic (exact) mass is 451 g/mol. The molecule has 1 fully saturated rings. The van der Waals surface area contributed by atoms with E-state index in [1.165, 1.54) is 10.4 Å². The molecule has 2 N–H and O–H groups in total. The van der Waals surface area contributed by atoms with Crippen LogP contribution >= 0.6 is 11.3 Å². The lowest BCUT2D eigenvalue weighted by Gasteiger charge is -2.29. The first-order valence-electron chi connectivity index (χ1n) is 11.1. The van der Waals surface area contributed by atoms with Crippen molar-refractivity contribution < 1.29 is 14.6 Å². The first-order valence-corrected chi connectivity index (χ1v) is 11.9. The summed E-state index contributed by atoms with van der Waals surface area (Å²) in [6, 6.07) is 7.30. The maximum absolute atomic E-state index is 13.2. The molecule has 0 saturated carbocycles. The minimum atomic E-state index is -0.176. The molecule has 1 amide bonds. The maximum atomic E-state index is 13.2. The summed E-state index contributed by atoms with van der Waals surface area (Å²) in [6.45, 7) is 5.09. The zero-order chi connectivity index (χ0) is 21.8. The fraction of sp³-hybridized carbons (Fsp3) is 0.435. The van der Waals surface area contributed by atoms with Gasteiger partial charge in [0, 0.05) is 35.0 Å². The number of phenols is 1. The summed E-state index contributed by atoms with van der Waals surface area (Å²) in [6.07, 6.45) is 1.48. The number of hydrogen-bond donors (Lipinski definition) is 2. The highest BCUT2D eigenvalue weighted by molar-refractivity contribution is 7.15. The van der Waals surface area contributed by atoms with Crippen LogP contribution in [-0.2, 0) is 28.9 Å². The average Bonchev–Trinajstić information content (AvgIpc) is 3.45. The Morgan fingerprint density at radius 1 is 1.22 bits per heavy atom. The molecule has 8 nitrogen and oxygen atoms in total. The Balaban J connectivity index is 1.43. The van der Waals surface area contributed by atoms with E-state index in [0.717, 1.165) is 40.6 Å². The Hall–Kier alpha value is -2.75. The van der Waals surface area contributed by atoms with Crippen LogP contribution < -0.4 is 5.32 Å². The van der Waals surface area contributed by atoms with Gasteiger partial charge in [-0.05, 0) is 31.4 Å². The van der Waals surface area contributed by atoms with Crippen LogP contribution in [0.15, 0.2) is 24.3 Å². The Morgan fingerprint density at radius 2 is 2.03 bits per heavy atom. The van der Waals surface area contributed by atoms with Crippen molar-refractivity contribution in [2.75, 3.05) is 26.3 Å². The number of amides is 1. The van der Waals surface area contributed by atoms with Gasteiger partial charge in [0.15, 0.2) is 5.82 Å². The van der Waals surface area contributed by atoms with Gasteiger partial charge in [0.25, 0.3) is 0 Å². The van der Waals surface area contributed by atoms with Crippen LogP contribution in [0.5, 0.6) is 5.75 Å². The zero-order valence-electron chi connectivity index (χ0n) is 17.9. The van der Waals surface area contributed by atoms with Crippen molar-refractivity contribution in [3.8, 4) is 10.8 Å². The van der Waals surface area contributed by atoms with Crippen molar-refractivity contribution >= 4 is 17.2 Å². The number of nitrogens with one attached hydrogen (secondary N) is 1. The van der Waals surface area contributed by atoms with Crippen LogP contribution in [0.2, 0.25) is 0 Å². The second kappa shape index (κ2) is 7.68. The molecule has 9 heteroatoms. The minimum absolute atomic E-state index is 0.0330.